The van der Waals surface area contributed by atoms with Gasteiger partial charge in [0.1, 0.15) is 23.1 Å². The monoisotopic (exact) mass is 320 g/mol. The lowest BCUT2D eigenvalue weighted by Gasteiger charge is -2.04. The summed E-state index contributed by atoms with van der Waals surface area (Å²) in [4.78, 5) is 4.24. The highest BCUT2D eigenvalue weighted by molar-refractivity contribution is 7.14. The molecule has 7 heteroatoms. The summed E-state index contributed by atoms with van der Waals surface area (Å²) < 4.78 is 26.4. The molecule has 2 aromatic carbocycles. The van der Waals surface area contributed by atoms with Crippen molar-refractivity contribution in [1.82, 2.24) is 4.98 Å². The SMILES string of the molecule is Oc1ccc(-c2csc(Nc3ccc(F)cc3F)n2)c(O)c1. The predicted molar refractivity (Wildman–Crippen MR) is 80.5 cm³/mol. The maximum Gasteiger partial charge on any atom is 0.187 e. The van der Waals surface area contributed by atoms with Crippen molar-refractivity contribution in [3.63, 3.8) is 0 Å². The fourth-order valence-corrected chi connectivity index (χ4v) is 2.62. The number of phenols is 2. The molecular weight excluding hydrogens is 310 g/mol. The fourth-order valence-electron chi connectivity index (χ4n) is 1.90. The van der Waals surface area contributed by atoms with Crippen molar-refractivity contribution in [2.75, 3.05) is 5.32 Å². The first kappa shape index (κ1) is 14.3. The summed E-state index contributed by atoms with van der Waals surface area (Å²) in [5.74, 6) is -1.53. The van der Waals surface area contributed by atoms with Crippen LogP contribution in [0.1, 0.15) is 0 Å². The van der Waals surface area contributed by atoms with Crippen LogP contribution >= 0.6 is 11.3 Å². The molecule has 0 saturated carbocycles. The first-order valence-corrected chi connectivity index (χ1v) is 7.11. The van der Waals surface area contributed by atoms with E-state index in [1.54, 1.807) is 5.38 Å². The van der Waals surface area contributed by atoms with Crippen molar-refractivity contribution < 1.29 is 19.0 Å². The third-order valence-electron chi connectivity index (χ3n) is 2.93. The van der Waals surface area contributed by atoms with E-state index in [0.717, 1.165) is 12.1 Å². The zero-order valence-corrected chi connectivity index (χ0v) is 11.9. The lowest BCUT2D eigenvalue weighted by Crippen LogP contribution is -1.94. The molecule has 22 heavy (non-hydrogen) atoms. The number of halogens is 2. The number of nitrogens with one attached hydrogen (secondary N) is 1. The van der Waals surface area contributed by atoms with Crippen LogP contribution in [0.2, 0.25) is 0 Å². The molecular formula is C15H10F2N2O2S. The molecule has 0 saturated heterocycles. The van der Waals surface area contributed by atoms with Crippen LogP contribution in [0.5, 0.6) is 11.5 Å². The first-order chi connectivity index (χ1) is 10.5. The van der Waals surface area contributed by atoms with E-state index in [9.17, 15) is 19.0 Å². The van der Waals surface area contributed by atoms with Crippen LogP contribution < -0.4 is 5.32 Å². The molecule has 1 heterocycles. The van der Waals surface area contributed by atoms with Crippen molar-refractivity contribution in [3.05, 3.63) is 53.4 Å². The summed E-state index contributed by atoms with van der Waals surface area (Å²) in [5, 5.41) is 23.9. The van der Waals surface area contributed by atoms with Crippen molar-refractivity contribution in [2.45, 2.75) is 0 Å². The topological polar surface area (TPSA) is 65.4 Å². The van der Waals surface area contributed by atoms with Gasteiger partial charge < -0.3 is 15.5 Å². The van der Waals surface area contributed by atoms with Crippen LogP contribution in [0, 0.1) is 11.6 Å². The van der Waals surface area contributed by atoms with E-state index in [0.29, 0.717) is 16.4 Å². The van der Waals surface area contributed by atoms with Gasteiger partial charge in [-0.3, -0.25) is 0 Å². The second-order valence-corrected chi connectivity index (χ2v) is 5.35. The molecule has 3 aromatic rings. The van der Waals surface area contributed by atoms with E-state index >= 15 is 0 Å². The maximum absolute atomic E-state index is 13.6. The molecule has 112 valence electrons. The second kappa shape index (κ2) is 5.61. The third kappa shape index (κ3) is 2.84. The van der Waals surface area contributed by atoms with Gasteiger partial charge in [0.15, 0.2) is 5.13 Å². The molecule has 0 aliphatic rings. The van der Waals surface area contributed by atoms with Crippen LogP contribution in [0.15, 0.2) is 41.8 Å². The summed E-state index contributed by atoms with van der Waals surface area (Å²) in [7, 11) is 0. The number of hydrogen-bond donors (Lipinski definition) is 3. The second-order valence-electron chi connectivity index (χ2n) is 4.49. The summed E-state index contributed by atoms with van der Waals surface area (Å²) >= 11 is 1.21. The Balaban J connectivity index is 1.87. The number of thiazole rings is 1. The van der Waals surface area contributed by atoms with Gasteiger partial charge >= 0.3 is 0 Å². The fraction of sp³-hybridized carbons (Fsp3) is 0. The molecule has 0 aliphatic heterocycles. The van der Waals surface area contributed by atoms with E-state index < -0.39 is 11.6 Å². The Kier molecular flexibility index (Phi) is 3.64. The van der Waals surface area contributed by atoms with Gasteiger partial charge in [0.05, 0.1) is 11.4 Å². The average molecular weight is 320 g/mol. The van der Waals surface area contributed by atoms with Crippen LogP contribution in [-0.2, 0) is 0 Å². The average Bonchev–Trinajstić information content (AvgIpc) is 2.90. The third-order valence-corrected chi connectivity index (χ3v) is 3.69. The maximum atomic E-state index is 13.6. The number of phenolic OH excluding ortho intramolecular Hbond substituents is 2. The predicted octanol–water partition coefficient (Wildman–Crippen LogP) is 4.24. The van der Waals surface area contributed by atoms with Crippen LogP contribution in [0.4, 0.5) is 19.6 Å². The Hall–Kier alpha value is -2.67. The largest absolute Gasteiger partial charge is 0.508 e. The van der Waals surface area contributed by atoms with E-state index in [1.165, 1.54) is 35.6 Å². The number of benzene rings is 2. The molecule has 0 bridgehead atoms. The quantitative estimate of drug-likeness (QED) is 0.675. The Morgan fingerprint density at radius 2 is 1.86 bits per heavy atom. The van der Waals surface area contributed by atoms with E-state index in [4.69, 9.17) is 0 Å². The number of aromatic hydroxyl groups is 2. The minimum atomic E-state index is -0.718. The summed E-state index contributed by atoms with van der Waals surface area (Å²) in [6.07, 6.45) is 0. The highest BCUT2D eigenvalue weighted by Crippen LogP contribution is 2.34. The van der Waals surface area contributed by atoms with Gasteiger partial charge in [-0.15, -0.1) is 11.3 Å². The Labute approximate surface area is 128 Å². The Morgan fingerprint density at radius 3 is 2.59 bits per heavy atom. The van der Waals surface area contributed by atoms with Crippen molar-refractivity contribution in [2.24, 2.45) is 0 Å². The molecule has 1 aromatic heterocycles. The molecule has 0 spiro atoms. The lowest BCUT2D eigenvalue weighted by molar-refractivity contribution is 0.452. The minimum absolute atomic E-state index is 0.0526. The Bertz CT molecular complexity index is 836. The van der Waals surface area contributed by atoms with Gasteiger partial charge in [-0.05, 0) is 24.3 Å². The van der Waals surface area contributed by atoms with Gasteiger partial charge in [-0.2, -0.15) is 0 Å². The molecule has 0 amide bonds. The number of rotatable bonds is 3. The molecule has 0 unspecified atom stereocenters. The molecule has 0 atom stereocenters. The molecule has 0 radical (unpaired) electrons. The smallest absolute Gasteiger partial charge is 0.187 e. The zero-order valence-electron chi connectivity index (χ0n) is 11.0. The Morgan fingerprint density at radius 1 is 1.05 bits per heavy atom. The van der Waals surface area contributed by atoms with Gasteiger partial charge in [0.2, 0.25) is 0 Å². The van der Waals surface area contributed by atoms with Crippen LogP contribution in [-0.4, -0.2) is 15.2 Å². The highest BCUT2D eigenvalue weighted by atomic mass is 32.1. The van der Waals surface area contributed by atoms with E-state index in [1.807, 2.05) is 0 Å². The first-order valence-electron chi connectivity index (χ1n) is 6.23. The molecule has 4 nitrogen and oxygen atoms in total. The van der Waals surface area contributed by atoms with E-state index in [2.05, 4.69) is 10.3 Å². The summed E-state index contributed by atoms with van der Waals surface area (Å²) in [5.41, 5.74) is 1.03. The molecule has 0 aliphatic carbocycles. The number of aromatic nitrogens is 1. The standard InChI is InChI=1S/C15H10F2N2O2S/c16-8-1-4-12(11(17)5-8)18-15-19-13(7-22-15)10-3-2-9(20)6-14(10)21/h1-7,20-21H,(H,18,19). The van der Waals surface area contributed by atoms with E-state index in [-0.39, 0.29) is 17.2 Å². The van der Waals surface area contributed by atoms with Crippen molar-refractivity contribution >= 4 is 22.2 Å². The highest BCUT2D eigenvalue weighted by Gasteiger charge is 2.11. The van der Waals surface area contributed by atoms with Gasteiger partial charge in [0, 0.05) is 23.1 Å². The van der Waals surface area contributed by atoms with Crippen LogP contribution in [0.25, 0.3) is 11.3 Å². The van der Waals surface area contributed by atoms with Crippen LogP contribution in [0.3, 0.4) is 0 Å². The molecule has 0 fully saturated rings. The lowest BCUT2D eigenvalue weighted by atomic mass is 10.1. The molecule has 3 rings (SSSR count). The van der Waals surface area contributed by atoms with Gasteiger partial charge in [0.25, 0.3) is 0 Å². The number of nitrogens with zero attached hydrogens (tertiary/aromatic N) is 1. The zero-order chi connectivity index (χ0) is 15.7. The number of hydrogen-bond acceptors (Lipinski definition) is 5. The summed E-state index contributed by atoms with van der Waals surface area (Å²) in [6, 6.07) is 7.38. The number of anilines is 2. The minimum Gasteiger partial charge on any atom is -0.508 e. The van der Waals surface area contributed by atoms with Gasteiger partial charge in [-0.1, -0.05) is 0 Å². The normalized spacial score (nSPS) is 10.6. The van der Waals surface area contributed by atoms with Gasteiger partial charge in [-0.25, -0.2) is 13.8 Å². The van der Waals surface area contributed by atoms with Crippen molar-refractivity contribution in [3.8, 4) is 22.8 Å². The molecule has 3 N–H and O–H groups in total. The summed E-state index contributed by atoms with van der Waals surface area (Å²) in [6.45, 7) is 0. The van der Waals surface area contributed by atoms with Crippen molar-refractivity contribution in [1.29, 1.82) is 0 Å².